The summed E-state index contributed by atoms with van der Waals surface area (Å²) in [5, 5.41) is 12.2. The Morgan fingerprint density at radius 3 is 2.00 bits per heavy atom. The molecule has 0 bridgehead atoms. The Balaban J connectivity index is 2.14. The summed E-state index contributed by atoms with van der Waals surface area (Å²) in [7, 11) is 1.62. The first-order valence-corrected chi connectivity index (χ1v) is 12.6. The molecule has 6 nitrogen and oxygen atoms in total. The van der Waals surface area contributed by atoms with Gasteiger partial charge >= 0.3 is 12.4 Å². The molecule has 1 unspecified atom stereocenters. The number of likely N-dealkylation sites (N-methyl/N-ethyl adjacent to an activating group) is 1. The number of benzene rings is 2. The van der Waals surface area contributed by atoms with Gasteiger partial charge in [0.15, 0.2) is 0 Å². The predicted octanol–water partition coefficient (Wildman–Crippen LogP) is 5.65. The number of anilines is 2. The Bertz CT molecular complexity index is 1240. The zero-order valence-electron chi connectivity index (χ0n) is 23.1. The van der Waals surface area contributed by atoms with Gasteiger partial charge < -0.3 is 15.3 Å². The molecular formula is C28H33F6N3O3. The van der Waals surface area contributed by atoms with E-state index in [0.717, 1.165) is 11.1 Å². The van der Waals surface area contributed by atoms with Crippen molar-refractivity contribution in [3.8, 4) is 0 Å². The van der Waals surface area contributed by atoms with Crippen LogP contribution in [0.2, 0.25) is 0 Å². The number of aliphatic hydroxyl groups is 1. The molecule has 1 aliphatic rings. The minimum Gasteiger partial charge on any atom is -0.394 e. The maximum Gasteiger partial charge on any atom is 0.416 e. The first-order valence-electron chi connectivity index (χ1n) is 12.6. The number of rotatable bonds is 7. The minimum atomic E-state index is -5.10. The van der Waals surface area contributed by atoms with Gasteiger partial charge in [-0.05, 0) is 64.1 Å². The lowest BCUT2D eigenvalue weighted by Crippen LogP contribution is -2.55. The number of carbonyl (C=O) groups is 2. The molecule has 1 saturated heterocycles. The van der Waals surface area contributed by atoms with Crippen molar-refractivity contribution in [2.75, 3.05) is 37.0 Å². The molecule has 40 heavy (non-hydrogen) atoms. The SMILES string of the molecule is Cc1cccc(C)c1N1C[C@@](CN(C)C(C)(C)CO)(C(=O)Nc2cc(C(F)(F)F)cc(C(F)(F)F)c2)C(C)C1=O. The molecule has 2 aromatic carbocycles. The van der Waals surface area contributed by atoms with E-state index < -0.39 is 57.9 Å². The molecule has 2 atom stereocenters. The van der Waals surface area contributed by atoms with E-state index >= 15 is 0 Å². The number of para-hydroxylation sites is 1. The number of nitrogens with zero attached hydrogens (tertiary/aromatic N) is 2. The minimum absolute atomic E-state index is 0.0205. The van der Waals surface area contributed by atoms with E-state index in [0.29, 0.717) is 17.8 Å². The number of hydrogen-bond donors (Lipinski definition) is 2. The lowest BCUT2D eigenvalue weighted by molar-refractivity contribution is -0.143. The van der Waals surface area contributed by atoms with Crippen LogP contribution >= 0.6 is 0 Å². The number of nitrogens with one attached hydrogen (secondary N) is 1. The van der Waals surface area contributed by atoms with Crippen molar-refractivity contribution in [2.24, 2.45) is 11.3 Å². The zero-order chi connectivity index (χ0) is 30.4. The molecule has 2 aromatic rings. The second kappa shape index (κ2) is 10.7. The highest BCUT2D eigenvalue weighted by Gasteiger charge is 2.57. The number of hydrogen-bond acceptors (Lipinski definition) is 4. The van der Waals surface area contributed by atoms with Crippen LogP contribution in [0.15, 0.2) is 36.4 Å². The third-order valence-electron chi connectivity index (χ3n) is 7.85. The average molecular weight is 574 g/mol. The van der Waals surface area contributed by atoms with Gasteiger partial charge in [-0.2, -0.15) is 26.3 Å². The lowest BCUT2D eigenvalue weighted by Gasteiger charge is -2.41. The summed E-state index contributed by atoms with van der Waals surface area (Å²) in [5.41, 5.74) is -4.20. The van der Waals surface area contributed by atoms with Gasteiger partial charge in [0.25, 0.3) is 0 Å². The molecule has 3 rings (SSSR count). The maximum absolute atomic E-state index is 14.0. The second-order valence-electron chi connectivity index (χ2n) is 11.1. The molecule has 1 aliphatic heterocycles. The first-order chi connectivity index (χ1) is 18.2. The fourth-order valence-corrected chi connectivity index (χ4v) is 4.96. The van der Waals surface area contributed by atoms with Crippen LogP contribution in [0.1, 0.15) is 43.0 Å². The van der Waals surface area contributed by atoms with Crippen LogP contribution in [0, 0.1) is 25.2 Å². The molecule has 1 fully saturated rings. The summed E-state index contributed by atoms with van der Waals surface area (Å²) in [6.07, 6.45) is -10.2. The van der Waals surface area contributed by atoms with Crippen LogP contribution in [-0.4, -0.2) is 54.1 Å². The molecule has 0 saturated carbocycles. The van der Waals surface area contributed by atoms with E-state index in [4.69, 9.17) is 0 Å². The van der Waals surface area contributed by atoms with Crippen LogP contribution in [0.3, 0.4) is 0 Å². The molecule has 2 N–H and O–H groups in total. The predicted molar refractivity (Wildman–Crippen MR) is 139 cm³/mol. The normalized spacial score (nSPS) is 20.4. The van der Waals surface area contributed by atoms with Crippen LogP contribution in [-0.2, 0) is 21.9 Å². The van der Waals surface area contributed by atoms with Gasteiger partial charge in [0, 0.05) is 30.0 Å². The van der Waals surface area contributed by atoms with Gasteiger partial charge in [0.2, 0.25) is 11.8 Å². The number of carbonyl (C=O) groups excluding carboxylic acids is 2. The number of alkyl halides is 6. The lowest BCUT2D eigenvalue weighted by atomic mass is 9.76. The van der Waals surface area contributed by atoms with E-state index in [1.165, 1.54) is 11.8 Å². The zero-order valence-corrected chi connectivity index (χ0v) is 23.1. The van der Waals surface area contributed by atoms with Crippen LogP contribution in [0.5, 0.6) is 0 Å². The summed E-state index contributed by atoms with van der Waals surface area (Å²) in [5.74, 6) is -2.32. The highest BCUT2D eigenvalue weighted by Crippen LogP contribution is 2.44. The Labute approximate surface area is 229 Å². The molecule has 1 heterocycles. The fourth-order valence-electron chi connectivity index (χ4n) is 4.96. The van der Waals surface area contributed by atoms with Crippen molar-refractivity contribution in [1.29, 1.82) is 0 Å². The van der Waals surface area contributed by atoms with Gasteiger partial charge in [-0.15, -0.1) is 0 Å². The van der Waals surface area contributed by atoms with E-state index in [2.05, 4.69) is 5.32 Å². The Hall–Kier alpha value is -3.12. The van der Waals surface area contributed by atoms with Crippen molar-refractivity contribution in [3.63, 3.8) is 0 Å². The third kappa shape index (κ3) is 5.97. The van der Waals surface area contributed by atoms with E-state index in [1.807, 2.05) is 6.07 Å². The molecule has 0 aliphatic carbocycles. The first kappa shape index (κ1) is 31.4. The van der Waals surface area contributed by atoms with Crippen molar-refractivity contribution < 1.29 is 41.0 Å². The number of aryl methyl sites for hydroxylation is 2. The van der Waals surface area contributed by atoms with E-state index in [9.17, 15) is 41.0 Å². The van der Waals surface area contributed by atoms with Gasteiger partial charge in [-0.1, -0.05) is 25.1 Å². The van der Waals surface area contributed by atoms with Crippen molar-refractivity contribution in [2.45, 2.75) is 52.5 Å². The van der Waals surface area contributed by atoms with Crippen LogP contribution in [0.25, 0.3) is 0 Å². The van der Waals surface area contributed by atoms with Crippen LogP contribution < -0.4 is 10.2 Å². The fraction of sp³-hybridized carbons (Fsp3) is 0.500. The standard InChI is InChI=1S/C28H33F6N3O3/c1-16-8-7-9-17(2)22(16)37-14-26(18(3)23(37)39,13-36(6)25(4,5)15-38)24(40)35-21-11-19(27(29,30)31)10-20(12-21)28(32,33)34/h7-12,18,38H,13-15H2,1-6H3,(H,35,40)/t18?,26-/m1/s1. The summed E-state index contributed by atoms with van der Waals surface area (Å²) < 4.78 is 80.7. The maximum atomic E-state index is 14.0. The molecule has 0 spiro atoms. The van der Waals surface area contributed by atoms with Gasteiger partial charge in [-0.25, -0.2) is 0 Å². The third-order valence-corrected chi connectivity index (χ3v) is 7.85. The monoisotopic (exact) mass is 573 g/mol. The van der Waals surface area contributed by atoms with Crippen LogP contribution in [0.4, 0.5) is 37.7 Å². The molecule has 2 amide bonds. The van der Waals surface area contributed by atoms with Gasteiger partial charge in [0.05, 0.1) is 29.1 Å². The molecule has 12 heteroatoms. The summed E-state index contributed by atoms with van der Waals surface area (Å²) in [6.45, 7) is 7.89. The van der Waals surface area contributed by atoms with Crippen molar-refractivity contribution in [3.05, 3.63) is 58.7 Å². The molecule has 220 valence electrons. The smallest absolute Gasteiger partial charge is 0.394 e. The Morgan fingerprint density at radius 1 is 1.05 bits per heavy atom. The van der Waals surface area contributed by atoms with E-state index in [1.54, 1.807) is 51.8 Å². The summed E-state index contributed by atoms with van der Waals surface area (Å²) >= 11 is 0. The van der Waals surface area contributed by atoms with Crippen molar-refractivity contribution >= 4 is 23.2 Å². The largest absolute Gasteiger partial charge is 0.416 e. The van der Waals surface area contributed by atoms with Gasteiger partial charge in [0.1, 0.15) is 0 Å². The highest BCUT2D eigenvalue weighted by molar-refractivity contribution is 6.08. The highest BCUT2D eigenvalue weighted by atomic mass is 19.4. The summed E-state index contributed by atoms with van der Waals surface area (Å²) in [4.78, 5) is 30.7. The number of aliphatic hydroxyl groups excluding tert-OH is 1. The number of halogens is 6. The van der Waals surface area contributed by atoms with Gasteiger partial charge in [-0.3, -0.25) is 14.5 Å². The van der Waals surface area contributed by atoms with Crippen molar-refractivity contribution in [1.82, 2.24) is 4.90 Å². The topological polar surface area (TPSA) is 72.9 Å². The van der Waals surface area contributed by atoms with E-state index in [-0.39, 0.29) is 25.8 Å². The number of amides is 2. The quantitative estimate of drug-likeness (QED) is 0.420. The Kier molecular flexibility index (Phi) is 8.40. The Morgan fingerprint density at radius 2 is 1.55 bits per heavy atom. The molecule has 0 aromatic heterocycles. The average Bonchev–Trinajstić information content (AvgIpc) is 3.08. The molecular weight excluding hydrogens is 540 g/mol. The second-order valence-corrected chi connectivity index (χ2v) is 11.1. The summed E-state index contributed by atoms with van der Waals surface area (Å²) in [6, 6.07) is 6.25. The molecule has 0 radical (unpaired) electrons.